The first-order chi connectivity index (χ1) is 8.85. The SMILES string of the molecule is CCCNC1CCC(c2ccccc2C#N)CC1. The topological polar surface area (TPSA) is 35.8 Å². The number of nitriles is 1. The number of benzene rings is 1. The zero-order valence-corrected chi connectivity index (χ0v) is 11.2. The quantitative estimate of drug-likeness (QED) is 0.876. The van der Waals surface area contributed by atoms with Crippen molar-refractivity contribution in [2.45, 2.75) is 51.0 Å². The molecular formula is C16H22N2. The molecule has 0 amide bonds. The van der Waals surface area contributed by atoms with Gasteiger partial charge in [0.15, 0.2) is 0 Å². The molecule has 18 heavy (non-hydrogen) atoms. The standard InChI is InChI=1S/C16H22N2/c1-2-11-18-15-9-7-13(8-10-15)16-6-4-3-5-14(16)12-17/h3-6,13,15,18H,2,7-11H2,1H3. The maximum atomic E-state index is 9.15. The Morgan fingerprint density at radius 1 is 1.22 bits per heavy atom. The second kappa shape index (κ2) is 6.56. The lowest BCUT2D eigenvalue weighted by Crippen LogP contribution is -2.33. The van der Waals surface area contributed by atoms with E-state index in [4.69, 9.17) is 5.26 Å². The number of nitrogens with one attached hydrogen (secondary N) is 1. The van der Waals surface area contributed by atoms with E-state index in [9.17, 15) is 0 Å². The molecule has 2 rings (SSSR count). The molecule has 0 aromatic heterocycles. The van der Waals surface area contributed by atoms with Crippen LogP contribution in [-0.2, 0) is 0 Å². The Labute approximate surface area is 110 Å². The van der Waals surface area contributed by atoms with Gasteiger partial charge in [0.05, 0.1) is 11.6 Å². The van der Waals surface area contributed by atoms with Gasteiger partial charge in [-0.3, -0.25) is 0 Å². The van der Waals surface area contributed by atoms with E-state index >= 15 is 0 Å². The van der Waals surface area contributed by atoms with Crippen LogP contribution in [0.4, 0.5) is 0 Å². The summed E-state index contributed by atoms with van der Waals surface area (Å²) < 4.78 is 0. The van der Waals surface area contributed by atoms with Gasteiger partial charge in [0.25, 0.3) is 0 Å². The van der Waals surface area contributed by atoms with E-state index in [-0.39, 0.29) is 0 Å². The fraction of sp³-hybridized carbons (Fsp3) is 0.562. The summed E-state index contributed by atoms with van der Waals surface area (Å²) in [5, 5.41) is 12.8. The molecule has 2 nitrogen and oxygen atoms in total. The molecule has 1 aromatic carbocycles. The summed E-state index contributed by atoms with van der Waals surface area (Å²) in [5.41, 5.74) is 2.12. The molecule has 0 unspecified atom stereocenters. The molecule has 2 heteroatoms. The van der Waals surface area contributed by atoms with Crippen molar-refractivity contribution in [3.63, 3.8) is 0 Å². The molecular weight excluding hydrogens is 220 g/mol. The molecule has 0 heterocycles. The van der Waals surface area contributed by atoms with Gasteiger partial charge in [0.1, 0.15) is 0 Å². The molecule has 0 aliphatic heterocycles. The molecule has 0 atom stereocenters. The predicted octanol–water partition coefficient (Wildman–Crippen LogP) is 3.58. The van der Waals surface area contributed by atoms with Crippen molar-refractivity contribution < 1.29 is 0 Å². The molecule has 1 N–H and O–H groups in total. The first kappa shape index (κ1) is 13.1. The minimum absolute atomic E-state index is 0.584. The van der Waals surface area contributed by atoms with Gasteiger partial charge in [-0.2, -0.15) is 5.26 Å². The van der Waals surface area contributed by atoms with Crippen molar-refractivity contribution in [3.05, 3.63) is 35.4 Å². The predicted molar refractivity (Wildman–Crippen MR) is 74.4 cm³/mol. The molecule has 96 valence electrons. The summed E-state index contributed by atoms with van der Waals surface area (Å²) in [6, 6.07) is 11.1. The van der Waals surface area contributed by atoms with E-state index in [1.54, 1.807) is 0 Å². The van der Waals surface area contributed by atoms with Crippen LogP contribution in [0.5, 0.6) is 0 Å². The summed E-state index contributed by atoms with van der Waals surface area (Å²) in [4.78, 5) is 0. The number of hydrogen-bond donors (Lipinski definition) is 1. The van der Waals surface area contributed by atoms with E-state index in [1.807, 2.05) is 12.1 Å². The van der Waals surface area contributed by atoms with Crippen molar-refractivity contribution in [2.75, 3.05) is 6.54 Å². The van der Waals surface area contributed by atoms with Gasteiger partial charge < -0.3 is 5.32 Å². The summed E-state index contributed by atoms with van der Waals surface area (Å²) >= 11 is 0. The Hall–Kier alpha value is -1.33. The maximum absolute atomic E-state index is 9.15. The molecule has 1 aromatic rings. The monoisotopic (exact) mass is 242 g/mol. The van der Waals surface area contributed by atoms with Crippen LogP contribution >= 0.6 is 0 Å². The Morgan fingerprint density at radius 2 is 1.94 bits per heavy atom. The average Bonchev–Trinajstić information content (AvgIpc) is 2.45. The lowest BCUT2D eigenvalue weighted by molar-refractivity contribution is 0.343. The summed E-state index contributed by atoms with van der Waals surface area (Å²) in [6.07, 6.45) is 6.10. The van der Waals surface area contributed by atoms with Crippen molar-refractivity contribution in [1.82, 2.24) is 5.32 Å². The zero-order chi connectivity index (χ0) is 12.8. The Morgan fingerprint density at radius 3 is 2.61 bits per heavy atom. The van der Waals surface area contributed by atoms with Crippen LogP contribution in [0.15, 0.2) is 24.3 Å². The molecule has 0 bridgehead atoms. The Bertz CT molecular complexity index is 411. The van der Waals surface area contributed by atoms with Crippen molar-refractivity contribution in [1.29, 1.82) is 5.26 Å². The second-order valence-electron chi connectivity index (χ2n) is 5.20. The van der Waals surface area contributed by atoms with Crippen LogP contribution in [0, 0.1) is 11.3 Å². The highest BCUT2D eigenvalue weighted by atomic mass is 14.9. The van der Waals surface area contributed by atoms with E-state index < -0.39 is 0 Å². The van der Waals surface area contributed by atoms with E-state index in [1.165, 1.54) is 37.7 Å². The number of rotatable bonds is 4. The Kier molecular flexibility index (Phi) is 4.78. The zero-order valence-electron chi connectivity index (χ0n) is 11.2. The minimum atomic E-state index is 0.584. The van der Waals surface area contributed by atoms with Gasteiger partial charge in [0.2, 0.25) is 0 Å². The Balaban J connectivity index is 1.95. The molecule has 1 aliphatic carbocycles. The minimum Gasteiger partial charge on any atom is -0.314 e. The fourth-order valence-electron chi connectivity index (χ4n) is 2.91. The third kappa shape index (κ3) is 3.11. The molecule has 1 saturated carbocycles. The highest BCUT2D eigenvalue weighted by Gasteiger charge is 2.23. The highest BCUT2D eigenvalue weighted by molar-refractivity contribution is 5.39. The summed E-state index contributed by atoms with van der Waals surface area (Å²) in [7, 11) is 0. The molecule has 0 spiro atoms. The van der Waals surface area contributed by atoms with E-state index in [0.29, 0.717) is 12.0 Å². The normalized spacial score (nSPS) is 23.6. The third-order valence-electron chi connectivity index (χ3n) is 3.93. The van der Waals surface area contributed by atoms with Crippen LogP contribution in [0.3, 0.4) is 0 Å². The third-order valence-corrected chi connectivity index (χ3v) is 3.93. The molecule has 0 saturated heterocycles. The first-order valence-electron chi connectivity index (χ1n) is 7.07. The van der Waals surface area contributed by atoms with Gasteiger partial charge in [-0.05, 0) is 56.2 Å². The average molecular weight is 242 g/mol. The van der Waals surface area contributed by atoms with Crippen LogP contribution in [0.25, 0.3) is 0 Å². The van der Waals surface area contributed by atoms with E-state index in [0.717, 1.165) is 12.1 Å². The summed E-state index contributed by atoms with van der Waals surface area (Å²) in [6.45, 7) is 3.34. The lowest BCUT2D eigenvalue weighted by Gasteiger charge is -2.29. The fourth-order valence-corrected chi connectivity index (χ4v) is 2.91. The van der Waals surface area contributed by atoms with Gasteiger partial charge in [-0.1, -0.05) is 25.1 Å². The summed E-state index contributed by atoms with van der Waals surface area (Å²) in [5.74, 6) is 0.584. The lowest BCUT2D eigenvalue weighted by atomic mass is 9.80. The van der Waals surface area contributed by atoms with Crippen molar-refractivity contribution >= 4 is 0 Å². The molecule has 1 fully saturated rings. The molecule has 1 aliphatic rings. The molecule has 0 radical (unpaired) electrons. The van der Waals surface area contributed by atoms with Crippen molar-refractivity contribution in [2.24, 2.45) is 0 Å². The van der Waals surface area contributed by atoms with Crippen LogP contribution in [0.1, 0.15) is 56.1 Å². The van der Waals surface area contributed by atoms with Crippen LogP contribution in [0.2, 0.25) is 0 Å². The number of nitrogens with zero attached hydrogens (tertiary/aromatic N) is 1. The van der Waals surface area contributed by atoms with E-state index in [2.05, 4.69) is 30.4 Å². The van der Waals surface area contributed by atoms with Crippen LogP contribution in [-0.4, -0.2) is 12.6 Å². The van der Waals surface area contributed by atoms with Gasteiger partial charge in [-0.15, -0.1) is 0 Å². The number of hydrogen-bond acceptors (Lipinski definition) is 2. The highest BCUT2D eigenvalue weighted by Crippen LogP contribution is 2.34. The first-order valence-corrected chi connectivity index (χ1v) is 7.07. The van der Waals surface area contributed by atoms with Gasteiger partial charge in [-0.25, -0.2) is 0 Å². The van der Waals surface area contributed by atoms with Crippen LogP contribution < -0.4 is 5.32 Å². The largest absolute Gasteiger partial charge is 0.314 e. The van der Waals surface area contributed by atoms with Crippen molar-refractivity contribution in [3.8, 4) is 6.07 Å². The second-order valence-corrected chi connectivity index (χ2v) is 5.20. The smallest absolute Gasteiger partial charge is 0.0994 e. The maximum Gasteiger partial charge on any atom is 0.0994 e. The van der Waals surface area contributed by atoms with Gasteiger partial charge >= 0.3 is 0 Å². The van der Waals surface area contributed by atoms with Gasteiger partial charge in [0, 0.05) is 6.04 Å².